The van der Waals surface area contributed by atoms with Crippen molar-refractivity contribution in [1.82, 2.24) is 19.8 Å². The molecule has 1 N–H and O–H groups in total. The van der Waals surface area contributed by atoms with Gasteiger partial charge in [0.15, 0.2) is 5.82 Å². The van der Waals surface area contributed by atoms with Crippen LogP contribution < -0.4 is 9.64 Å². The van der Waals surface area contributed by atoms with Crippen LogP contribution >= 0.6 is 0 Å². The molecule has 4 fully saturated rings. The van der Waals surface area contributed by atoms with Crippen LogP contribution in [-0.4, -0.2) is 93.1 Å². The average molecular weight is 696 g/mol. The van der Waals surface area contributed by atoms with Gasteiger partial charge in [-0.1, -0.05) is 36.3 Å². The van der Waals surface area contributed by atoms with Crippen LogP contribution in [0.5, 0.6) is 6.01 Å². The lowest BCUT2D eigenvalue weighted by Crippen LogP contribution is -2.57. The molecule has 0 aliphatic carbocycles. The number of hydrogen-bond acceptors (Lipinski definition) is 8. The Morgan fingerprint density at radius 2 is 1.82 bits per heavy atom. The fraction of sp³-hybridized carbons (Fsp3) is 0.475. The number of piperazine rings is 1. The second kappa shape index (κ2) is 12.6. The van der Waals surface area contributed by atoms with Crippen molar-refractivity contribution < 1.29 is 28.2 Å². The highest BCUT2D eigenvalue weighted by atomic mass is 19.1. The zero-order valence-electron chi connectivity index (χ0n) is 29.3. The maximum Gasteiger partial charge on any atom is 0.410 e. The minimum atomic E-state index is -0.611. The summed E-state index contributed by atoms with van der Waals surface area (Å²) in [6.45, 7) is 7.90. The number of ether oxygens (including phenoxy) is 2. The molecule has 51 heavy (non-hydrogen) atoms. The molecule has 0 saturated carbocycles. The van der Waals surface area contributed by atoms with E-state index in [-0.39, 0.29) is 59.0 Å². The summed E-state index contributed by atoms with van der Waals surface area (Å²) in [6, 6.07) is 11.8. The van der Waals surface area contributed by atoms with Gasteiger partial charge in [0.25, 0.3) is 0 Å². The van der Waals surface area contributed by atoms with Gasteiger partial charge in [0, 0.05) is 35.5 Å². The molecule has 11 heteroatoms. The van der Waals surface area contributed by atoms with Crippen LogP contribution in [0.2, 0.25) is 0 Å². The summed E-state index contributed by atoms with van der Waals surface area (Å²) in [7, 11) is 0. The third-order valence-corrected chi connectivity index (χ3v) is 11.3. The second-order valence-corrected chi connectivity index (χ2v) is 15.5. The molecule has 0 unspecified atom stereocenters. The monoisotopic (exact) mass is 695 g/mol. The van der Waals surface area contributed by atoms with Gasteiger partial charge in [-0.2, -0.15) is 9.97 Å². The lowest BCUT2D eigenvalue weighted by atomic mass is 9.93. The molecule has 0 spiro atoms. The Balaban J connectivity index is 1.21. The van der Waals surface area contributed by atoms with Crippen LogP contribution in [0.15, 0.2) is 42.5 Å². The molecule has 4 aliphatic rings. The van der Waals surface area contributed by atoms with E-state index in [2.05, 4.69) is 15.7 Å². The number of benzene rings is 3. The van der Waals surface area contributed by atoms with Crippen molar-refractivity contribution in [2.24, 2.45) is 0 Å². The molecule has 1 amide bonds. The van der Waals surface area contributed by atoms with E-state index in [9.17, 15) is 14.3 Å². The summed E-state index contributed by atoms with van der Waals surface area (Å²) >= 11 is 0. The molecule has 5 heterocycles. The number of hydrogen-bond donors (Lipinski definition) is 1. The van der Waals surface area contributed by atoms with Crippen molar-refractivity contribution in [3.05, 3.63) is 59.7 Å². The molecule has 4 aliphatic heterocycles. The number of anilines is 1. The predicted molar refractivity (Wildman–Crippen MR) is 192 cm³/mol. The quantitative estimate of drug-likeness (QED) is 0.224. The number of carbonyl (C=O) groups is 1. The van der Waals surface area contributed by atoms with Crippen molar-refractivity contribution in [3.8, 4) is 29.5 Å². The van der Waals surface area contributed by atoms with Crippen LogP contribution in [0.1, 0.15) is 64.9 Å². The Bertz CT molecular complexity index is 2060. The highest BCUT2D eigenvalue weighted by molar-refractivity contribution is 6.03. The third-order valence-electron chi connectivity index (χ3n) is 11.3. The number of rotatable bonds is 6. The first-order chi connectivity index (χ1) is 24.5. The maximum atomic E-state index is 17.1. The van der Waals surface area contributed by atoms with E-state index in [1.54, 1.807) is 24.3 Å². The van der Waals surface area contributed by atoms with Crippen LogP contribution in [0.3, 0.4) is 0 Å². The van der Waals surface area contributed by atoms with E-state index in [1.165, 1.54) is 6.07 Å². The molecule has 4 atom stereocenters. The molecule has 3 aromatic carbocycles. The lowest BCUT2D eigenvalue weighted by Gasteiger charge is -2.42. The first-order valence-electron chi connectivity index (χ1n) is 18.0. The van der Waals surface area contributed by atoms with E-state index in [4.69, 9.17) is 25.9 Å². The Morgan fingerprint density at radius 3 is 2.55 bits per heavy atom. The standard InChI is InChI=1S/C40H43F2N5O4/c1-5-28-32(41)15-10-24-8-6-9-29(33(24)28)30-13-14-31-35(34(30)42)43-37(50-23-40-17-7-19-46(40)27(22-48)16-18-40)44-36(31)45-20-25-11-12-26(21-45)47(25)38(49)51-39(2,3)4/h1,6,8-10,13-15,25-27,48H,7,11-12,16-23H2,2-4H3/t25-,26+,27-,40-/m0/s1. The van der Waals surface area contributed by atoms with Crippen molar-refractivity contribution in [3.63, 3.8) is 0 Å². The maximum absolute atomic E-state index is 17.1. The number of halogens is 2. The van der Waals surface area contributed by atoms with E-state index >= 15 is 4.39 Å². The summed E-state index contributed by atoms with van der Waals surface area (Å²) in [5, 5.41) is 11.7. The molecule has 9 nitrogen and oxygen atoms in total. The lowest BCUT2D eigenvalue weighted by molar-refractivity contribution is 0.0122. The summed E-state index contributed by atoms with van der Waals surface area (Å²) in [4.78, 5) is 29.2. The van der Waals surface area contributed by atoms with Gasteiger partial charge in [-0.3, -0.25) is 9.80 Å². The van der Waals surface area contributed by atoms with Crippen LogP contribution in [-0.2, 0) is 4.74 Å². The van der Waals surface area contributed by atoms with Crippen molar-refractivity contribution in [1.29, 1.82) is 0 Å². The predicted octanol–water partition coefficient (Wildman–Crippen LogP) is 6.67. The fourth-order valence-electron chi connectivity index (χ4n) is 9.05. The Labute approximate surface area is 296 Å². The largest absolute Gasteiger partial charge is 0.461 e. The first-order valence-corrected chi connectivity index (χ1v) is 18.0. The van der Waals surface area contributed by atoms with Gasteiger partial charge in [-0.05, 0) is 88.9 Å². The van der Waals surface area contributed by atoms with Gasteiger partial charge in [-0.15, -0.1) is 6.42 Å². The topological polar surface area (TPSA) is 91.3 Å². The SMILES string of the molecule is C#Cc1c(F)ccc2cccc(-c3ccc4c(N5C[C@H]6CC[C@@H](C5)N6C(=O)OC(C)(C)C)nc(OC[C@@]56CCCN5[C@H](CO)CC6)nc4c3F)c12. The first kappa shape index (κ1) is 33.6. The van der Waals surface area contributed by atoms with Gasteiger partial charge in [0.1, 0.15) is 29.4 Å². The number of amides is 1. The van der Waals surface area contributed by atoms with E-state index in [1.807, 2.05) is 37.8 Å². The minimum Gasteiger partial charge on any atom is -0.461 e. The number of nitrogens with zero attached hydrogens (tertiary/aromatic N) is 5. The molecule has 266 valence electrons. The third kappa shape index (κ3) is 5.73. The van der Waals surface area contributed by atoms with Gasteiger partial charge in [0.2, 0.25) is 0 Å². The van der Waals surface area contributed by atoms with Crippen molar-refractivity contribution in [2.45, 2.75) is 88.6 Å². The zero-order valence-corrected chi connectivity index (χ0v) is 29.3. The smallest absolute Gasteiger partial charge is 0.410 e. The van der Waals surface area contributed by atoms with Crippen molar-refractivity contribution >= 4 is 33.6 Å². The van der Waals surface area contributed by atoms with E-state index < -0.39 is 17.2 Å². The number of aromatic nitrogens is 2. The van der Waals surface area contributed by atoms with Gasteiger partial charge in [0.05, 0.1) is 29.8 Å². The summed E-state index contributed by atoms with van der Waals surface area (Å²) in [5.41, 5.74) is 0.0233. The molecular weight excluding hydrogens is 652 g/mol. The Kier molecular flexibility index (Phi) is 8.30. The second-order valence-electron chi connectivity index (χ2n) is 15.5. The molecule has 2 bridgehead atoms. The highest BCUT2D eigenvalue weighted by Gasteiger charge is 2.50. The van der Waals surface area contributed by atoms with Gasteiger partial charge < -0.3 is 19.5 Å². The molecule has 4 saturated heterocycles. The highest BCUT2D eigenvalue weighted by Crippen LogP contribution is 2.44. The zero-order chi connectivity index (χ0) is 35.7. The van der Waals surface area contributed by atoms with Gasteiger partial charge in [-0.25, -0.2) is 13.6 Å². The summed E-state index contributed by atoms with van der Waals surface area (Å²) in [6.07, 6.45) is 10.8. The number of terminal acetylenes is 1. The van der Waals surface area contributed by atoms with Crippen LogP contribution in [0.4, 0.5) is 19.4 Å². The van der Waals surface area contributed by atoms with Crippen molar-refractivity contribution in [2.75, 3.05) is 37.7 Å². The summed E-state index contributed by atoms with van der Waals surface area (Å²) < 4.78 is 44.2. The number of carbonyl (C=O) groups excluding carboxylic acids is 1. The minimum absolute atomic E-state index is 0.0671. The van der Waals surface area contributed by atoms with Crippen LogP contribution in [0, 0.1) is 24.0 Å². The molecule has 1 aromatic heterocycles. The molecule has 8 rings (SSSR count). The normalized spacial score (nSPS) is 24.7. The molecular formula is C40H43F2N5O4. The number of aliphatic hydroxyl groups excluding tert-OH is 1. The summed E-state index contributed by atoms with van der Waals surface area (Å²) in [5.74, 6) is 1.87. The average Bonchev–Trinajstić information content (AvgIpc) is 3.76. The Hall–Kier alpha value is -4.53. The molecule has 4 aromatic rings. The van der Waals surface area contributed by atoms with Gasteiger partial charge >= 0.3 is 12.1 Å². The van der Waals surface area contributed by atoms with E-state index in [0.717, 1.165) is 45.1 Å². The number of aliphatic hydroxyl groups is 1. The Morgan fingerprint density at radius 1 is 1.04 bits per heavy atom. The van der Waals surface area contributed by atoms with Crippen LogP contribution in [0.25, 0.3) is 32.8 Å². The number of fused-ring (bicyclic) bond motifs is 5. The van der Waals surface area contributed by atoms with E-state index in [0.29, 0.717) is 47.2 Å². The molecule has 0 radical (unpaired) electrons. The fourth-order valence-corrected chi connectivity index (χ4v) is 9.05.